The normalized spacial score (nSPS) is 12.1. The van der Waals surface area contributed by atoms with E-state index in [1.165, 1.54) is 23.6 Å². The van der Waals surface area contributed by atoms with E-state index in [2.05, 4.69) is 20.3 Å². The van der Waals surface area contributed by atoms with E-state index in [1.54, 1.807) is 42.7 Å². The fourth-order valence-electron chi connectivity index (χ4n) is 2.43. The third-order valence-electron chi connectivity index (χ3n) is 4.23. The molecule has 9 heteroatoms. The van der Waals surface area contributed by atoms with Crippen LogP contribution in [0.3, 0.4) is 0 Å². The molecule has 1 atom stereocenters. The number of carbonyl (C=O) groups is 3. The minimum Gasteiger partial charge on any atom is -0.450 e. The Kier molecular flexibility index (Phi) is 6.55. The third kappa shape index (κ3) is 5.58. The summed E-state index contributed by atoms with van der Waals surface area (Å²) in [6.45, 7) is 6.94. The number of ether oxygens (including phenoxy) is 1. The average molecular weight is 439 g/mol. The highest BCUT2D eigenvalue weighted by molar-refractivity contribution is 7.13. The number of rotatable bonds is 6. The van der Waals surface area contributed by atoms with Gasteiger partial charge in [0.15, 0.2) is 22.6 Å². The van der Waals surface area contributed by atoms with Crippen molar-refractivity contribution in [2.24, 2.45) is 5.41 Å². The number of amides is 1. The van der Waals surface area contributed by atoms with Crippen molar-refractivity contribution in [3.05, 3.63) is 59.4 Å². The van der Waals surface area contributed by atoms with E-state index in [4.69, 9.17) is 4.74 Å². The highest BCUT2D eigenvalue weighted by Gasteiger charge is 2.24. The Balaban J connectivity index is 1.62. The highest BCUT2D eigenvalue weighted by Crippen LogP contribution is 2.21. The van der Waals surface area contributed by atoms with Gasteiger partial charge in [0.05, 0.1) is 0 Å². The van der Waals surface area contributed by atoms with Crippen LogP contribution in [0.5, 0.6) is 0 Å². The van der Waals surface area contributed by atoms with E-state index in [0.717, 1.165) is 0 Å². The fraction of sp³-hybridized carbons (Fsp3) is 0.273. The van der Waals surface area contributed by atoms with Crippen molar-refractivity contribution < 1.29 is 19.1 Å². The number of nitrogens with one attached hydrogen (secondary N) is 1. The lowest BCUT2D eigenvalue weighted by Crippen LogP contribution is -2.27. The molecular weight excluding hydrogens is 416 g/mol. The Hall–Kier alpha value is -3.46. The van der Waals surface area contributed by atoms with Crippen LogP contribution >= 0.6 is 11.3 Å². The van der Waals surface area contributed by atoms with Crippen LogP contribution in [0.15, 0.2) is 48.1 Å². The van der Waals surface area contributed by atoms with Crippen LogP contribution < -0.4 is 5.32 Å². The Morgan fingerprint density at radius 3 is 2.32 bits per heavy atom. The van der Waals surface area contributed by atoms with Crippen molar-refractivity contribution in [2.75, 3.05) is 5.32 Å². The minimum absolute atomic E-state index is 0.0901. The lowest BCUT2D eigenvalue weighted by molar-refractivity contribution is -0.123. The van der Waals surface area contributed by atoms with Crippen molar-refractivity contribution >= 4 is 34.7 Å². The zero-order valence-electron chi connectivity index (χ0n) is 17.6. The summed E-state index contributed by atoms with van der Waals surface area (Å²) in [5.41, 5.74) is 0.511. The largest absolute Gasteiger partial charge is 0.450 e. The van der Waals surface area contributed by atoms with E-state index in [0.29, 0.717) is 22.1 Å². The van der Waals surface area contributed by atoms with Gasteiger partial charge in [-0.15, -0.1) is 11.3 Å². The predicted octanol–water partition coefficient (Wildman–Crippen LogP) is 4.01. The van der Waals surface area contributed by atoms with Crippen LogP contribution in [-0.4, -0.2) is 38.7 Å². The molecule has 160 valence electrons. The van der Waals surface area contributed by atoms with Crippen molar-refractivity contribution in [2.45, 2.75) is 33.8 Å². The lowest BCUT2D eigenvalue weighted by Gasteiger charge is -2.18. The summed E-state index contributed by atoms with van der Waals surface area (Å²) in [7, 11) is 0. The molecule has 0 aliphatic carbocycles. The van der Waals surface area contributed by atoms with Gasteiger partial charge in [-0.3, -0.25) is 9.59 Å². The number of hydrogen-bond donors (Lipinski definition) is 1. The average Bonchev–Trinajstić information content (AvgIpc) is 3.24. The third-order valence-corrected chi connectivity index (χ3v) is 5.07. The molecular formula is C22H22N4O4S. The van der Waals surface area contributed by atoms with E-state index >= 15 is 0 Å². The molecule has 3 aromatic rings. The topological polar surface area (TPSA) is 111 Å². The van der Waals surface area contributed by atoms with Gasteiger partial charge in [0.25, 0.3) is 0 Å². The van der Waals surface area contributed by atoms with Crippen LogP contribution in [0, 0.1) is 5.41 Å². The van der Waals surface area contributed by atoms with Gasteiger partial charge in [-0.05, 0) is 37.3 Å². The van der Waals surface area contributed by atoms with Gasteiger partial charge in [0.2, 0.25) is 11.7 Å². The number of benzene rings is 1. The number of hydrogen-bond acceptors (Lipinski definition) is 8. The van der Waals surface area contributed by atoms with E-state index in [-0.39, 0.29) is 17.4 Å². The predicted molar refractivity (Wildman–Crippen MR) is 117 cm³/mol. The summed E-state index contributed by atoms with van der Waals surface area (Å²) in [6.07, 6.45) is 2.17. The molecule has 1 amide bonds. The Labute approximate surface area is 183 Å². The van der Waals surface area contributed by atoms with Crippen molar-refractivity contribution in [1.82, 2.24) is 15.0 Å². The van der Waals surface area contributed by atoms with Gasteiger partial charge in [-0.25, -0.2) is 19.7 Å². The van der Waals surface area contributed by atoms with Gasteiger partial charge in [0, 0.05) is 34.4 Å². The minimum atomic E-state index is -0.999. The molecule has 0 saturated carbocycles. The van der Waals surface area contributed by atoms with Crippen molar-refractivity contribution in [1.29, 1.82) is 0 Å². The Bertz CT molecular complexity index is 1090. The molecule has 0 fully saturated rings. The van der Waals surface area contributed by atoms with E-state index < -0.39 is 17.5 Å². The monoisotopic (exact) mass is 438 g/mol. The second kappa shape index (κ2) is 9.13. The summed E-state index contributed by atoms with van der Waals surface area (Å²) < 4.78 is 5.29. The number of carbonyl (C=O) groups excluding carboxylic acids is 3. The molecule has 3 rings (SSSR count). The summed E-state index contributed by atoms with van der Waals surface area (Å²) in [4.78, 5) is 49.5. The molecule has 0 radical (unpaired) electrons. The van der Waals surface area contributed by atoms with Crippen LogP contribution in [0.1, 0.15) is 48.5 Å². The standard InChI is InChI=1S/C22H22N4O4S/c1-13(17(27)14-6-8-15(9-7-14)25-21(29)22(2,3)4)30-20(28)16-12-31-19(26-16)18-23-10-5-11-24-18/h5-13H,1-4H3,(H,25,29). The molecule has 0 bridgehead atoms. The Morgan fingerprint density at radius 1 is 1.06 bits per heavy atom. The van der Waals surface area contributed by atoms with Gasteiger partial charge in [0.1, 0.15) is 0 Å². The first-order valence-electron chi connectivity index (χ1n) is 9.55. The molecule has 0 saturated heterocycles. The molecule has 2 aromatic heterocycles. The number of ketones is 1. The number of nitrogens with zero attached hydrogens (tertiary/aromatic N) is 3. The quantitative estimate of drug-likeness (QED) is 0.457. The molecule has 1 unspecified atom stereocenters. The zero-order chi connectivity index (χ0) is 22.6. The number of thiazole rings is 1. The smallest absolute Gasteiger partial charge is 0.358 e. The van der Waals surface area contributed by atoms with Gasteiger partial charge in [-0.1, -0.05) is 20.8 Å². The van der Waals surface area contributed by atoms with Crippen molar-refractivity contribution in [3.63, 3.8) is 0 Å². The SMILES string of the molecule is CC(OC(=O)c1csc(-c2ncccn2)n1)C(=O)c1ccc(NC(=O)C(C)(C)C)cc1. The Morgan fingerprint density at radius 2 is 1.71 bits per heavy atom. The molecule has 2 heterocycles. The fourth-order valence-corrected chi connectivity index (χ4v) is 3.16. The summed E-state index contributed by atoms with van der Waals surface area (Å²) in [6, 6.07) is 8.12. The summed E-state index contributed by atoms with van der Waals surface area (Å²) >= 11 is 1.21. The van der Waals surface area contributed by atoms with Crippen LogP contribution in [0.2, 0.25) is 0 Å². The van der Waals surface area contributed by atoms with Gasteiger partial charge in [-0.2, -0.15) is 0 Å². The number of aromatic nitrogens is 3. The maximum atomic E-state index is 12.6. The molecule has 0 aliphatic rings. The highest BCUT2D eigenvalue weighted by atomic mass is 32.1. The van der Waals surface area contributed by atoms with Crippen LogP contribution in [-0.2, 0) is 9.53 Å². The first-order chi connectivity index (χ1) is 14.6. The summed E-state index contributed by atoms with van der Waals surface area (Å²) in [5, 5.41) is 4.82. The number of Topliss-reactive ketones (excluding diaryl/α,β-unsaturated/α-hetero) is 1. The molecule has 1 aromatic carbocycles. The maximum absolute atomic E-state index is 12.6. The molecule has 0 aliphatic heterocycles. The lowest BCUT2D eigenvalue weighted by atomic mass is 9.95. The van der Waals surface area contributed by atoms with Crippen LogP contribution in [0.25, 0.3) is 10.8 Å². The summed E-state index contributed by atoms with van der Waals surface area (Å²) in [5.74, 6) is -0.774. The second-order valence-electron chi connectivity index (χ2n) is 7.80. The van der Waals surface area contributed by atoms with Crippen LogP contribution in [0.4, 0.5) is 5.69 Å². The molecule has 8 nitrogen and oxygen atoms in total. The van der Waals surface area contributed by atoms with E-state index in [1.807, 2.05) is 20.8 Å². The number of esters is 1. The number of anilines is 1. The van der Waals surface area contributed by atoms with Gasteiger partial charge >= 0.3 is 5.97 Å². The maximum Gasteiger partial charge on any atom is 0.358 e. The molecule has 0 spiro atoms. The van der Waals surface area contributed by atoms with Gasteiger partial charge < -0.3 is 10.1 Å². The van der Waals surface area contributed by atoms with Crippen molar-refractivity contribution in [3.8, 4) is 10.8 Å². The second-order valence-corrected chi connectivity index (χ2v) is 8.66. The first-order valence-corrected chi connectivity index (χ1v) is 10.4. The molecule has 31 heavy (non-hydrogen) atoms. The molecule has 1 N–H and O–H groups in total. The van der Waals surface area contributed by atoms with E-state index in [9.17, 15) is 14.4 Å². The first kappa shape index (κ1) is 22.2. The zero-order valence-corrected chi connectivity index (χ0v) is 18.4.